The molecule has 2 aromatic carbocycles. The smallest absolute Gasteiger partial charge is 0.0730 e. The molecule has 1 saturated heterocycles. The highest BCUT2D eigenvalue weighted by molar-refractivity contribution is 5.82. The lowest BCUT2D eigenvalue weighted by Crippen LogP contribution is -2.47. The van der Waals surface area contributed by atoms with Gasteiger partial charge < -0.3 is 9.47 Å². The summed E-state index contributed by atoms with van der Waals surface area (Å²) >= 11 is 0. The van der Waals surface area contributed by atoms with E-state index in [1.807, 2.05) is 0 Å². The van der Waals surface area contributed by atoms with Gasteiger partial charge in [0.2, 0.25) is 0 Å². The highest BCUT2D eigenvalue weighted by Gasteiger charge is 2.33. The average Bonchev–Trinajstić information content (AvgIpc) is 3.11. The molecular formula is C21H27NO2. The molecule has 2 atom stereocenters. The Bertz CT molecular complexity index is 666. The third-order valence-electron chi connectivity index (χ3n) is 5.47. The summed E-state index contributed by atoms with van der Waals surface area (Å²) < 4.78 is 11.8. The van der Waals surface area contributed by atoms with Gasteiger partial charge in [-0.15, -0.1) is 0 Å². The monoisotopic (exact) mass is 325 g/mol. The molecule has 0 bridgehead atoms. The Hall–Kier alpha value is -1.42. The minimum Gasteiger partial charge on any atom is -0.379 e. The van der Waals surface area contributed by atoms with Crippen molar-refractivity contribution in [3.8, 4) is 0 Å². The van der Waals surface area contributed by atoms with Crippen LogP contribution in [-0.2, 0) is 15.9 Å². The van der Waals surface area contributed by atoms with E-state index in [4.69, 9.17) is 9.47 Å². The van der Waals surface area contributed by atoms with Gasteiger partial charge in [-0.05, 0) is 42.0 Å². The Balaban J connectivity index is 1.32. The lowest BCUT2D eigenvalue weighted by atomic mass is 10.1. The van der Waals surface area contributed by atoms with Gasteiger partial charge in [-0.3, -0.25) is 4.90 Å². The molecule has 0 spiro atoms. The number of fused-ring (bicyclic) bond motifs is 1. The van der Waals surface area contributed by atoms with Gasteiger partial charge in [-0.1, -0.05) is 42.5 Å². The maximum atomic E-state index is 6.30. The Morgan fingerprint density at radius 2 is 1.83 bits per heavy atom. The molecule has 3 nitrogen and oxygen atoms in total. The van der Waals surface area contributed by atoms with Crippen molar-refractivity contribution in [2.45, 2.75) is 37.8 Å². The Morgan fingerprint density at radius 1 is 1.00 bits per heavy atom. The second-order valence-corrected chi connectivity index (χ2v) is 6.99. The molecule has 128 valence electrons. The van der Waals surface area contributed by atoms with Crippen molar-refractivity contribution in [1.82, 2.24) is 4.90 Å². The van der Waals surface area contributed by atoms with E-state index in [-0.39, 0.29) is 0 Å². The summed E-state index contributed by atoms with van der Waals surface area (Å²) in [6.07, 6.45) is 5.18. The van der Waals surface area contributed by atoms with E-state index in [2.05, 4.69) is 47.4 Å². The molecule has 0 amide bonds. The molecule has 1 aliphatic carbocycles. The molecule has 24 heavy (non-hydrogen) atoms. The van der Waals surface area contributed by atoms with Crippen LogP contribution < -0.4 is 0 Å². The lowest BCUT2D eigenvalue weighted by Gasteiger charge is -2.35. The summed E-state index contributed by atoms with van der Waals surface area (Å²) in [5, 5.41) is 2.63. The first-order valence-corrected chi connectivity index (χ1v) is 9.31. The predicted molar refractivity (Wildman–Crippen MR) is 97.4 cm³/mol. The number of rotatable bonds is 5. The number of hydrogen-bond donors (Lipinski definition) is 0. The highest BCUT2D eigenvalue weighted by atomic mass is 16.5. The molecular weight excluding hydrogens is 298 g/mol. The van der Waals surface area contributed by atoms with Crippen LogP contribution in [0.1, 0.15) is 24.8 Å². The van der Waals surface area contributed by atoms with E-state index in [1.54, 1.807) is 0 Å². The highest BCUT2D eigenvalue weighted by Crippen LogP contribution is 2.27. The number of benzene rings is 2. The molecule has 1 heterocycles. The number of ether oxygens (including phenoxy) is 2. The van der Waals surface area contributed by atoms with Crippen LogP contribution >= 0.6 is 0 Å². The summed E-state index contributed by atoms with van der Waals surface area (Å²) in [6.45, 7) is 4.70. The van der Waals surface area contributed by atoms with Gasteiger partial charge in [-0.25, -0.2) is 0 Å². The molecule has 0 radical (unpaired) electrons. The van der Waals surface area contributed by atoms with E-state index >= 15 is 0 Å². The molecule has 1 aliphatic heterocycles. The zero-order valence-corrected chi connectivity index (χ0v) is 14.3. The average molecular weight is 325 g/mol. The van der Waals surface area contributed by atoms with Crippen LogP contribution in [0.2, 0.25) is 0 Å². The normalized spacial score (nSPS) is 25.3. The van der Waals surface area contributed by atoms with Crippen molar-refractivity contribution >= 4 is 10.8 Å². The first-order chi connectivity index (χ1) is 11.9. The lowest BCUT2D eigenvalue weighted by molar-refractivity contribution is -0.0366. The molecule has 4 rings (SSSR count). The standard InChI is InChI=1S/C21H27NO2/c1-2-5-19-16-17(8-9-18(19)4-1)10-13-24-21-7-3-6-20(21)22-11-14-23-15-12-22/h1-2,4-5,8-9,16,20-21H,3,6-7,10-15H2/t20-,21-/m1/s1. The van der Waals surface area contributed by atoms with Crippen molar-refractivity contribution in [2.75, 3.05) is 32.9 Å². The van der Waals surface area contributed by atoms with Crippen molar-refractivity contribution in [3.05, 3.63) is 48.0 Å². The molecule has 0 unspecified atom stereocenters. The van der Waals surface area contributed by atoms with Gasteiger partial charge in [0.1, 0.15) is 0 Å². The maximum absolute atomic E-state index is 6.30. The fourth-order valence-electron chi connectivity index (χ4n) is 4.15. The number of hydrogen-bond acceptors (Lipinski definition) is 3. The second-order valence-electron chi connectivity index (χ2n) is 6.99. The van der Waals surface area contributed by atoms with Crippen LogP contribution in [0.15, 0.2) is 42.5 Å². The Kier molecular flexibility index (Phi) is 5.12. The second kappa shape index (κ2) is 7.64. The Morgan fingerprint density at radius 3 is 2.71 bits per heavy atom. The van der Waals surface area contributed by atoms with Gasteiger partial charge in [0, 0.05) is 19.1 Å². The molecule has 1 saturated carbocycles. The largest absolute Gasteiger partial charge is 0.379 e. The molecule has 0 N–H and O–H groups in total. The topological polar surface area (TPSA) is 21.7 Å². The summed E-state index contributed by atoms with van der Waals surface area (Å²) in [7, 11) is 0. The summed E-state index contributed by atoms with van der Waals surface area (Å²) in [5.41, 5.74) is 1.37. The molecule has 3 heteroatoms. The molecule has 2 aromatic rings. The third kappa shape index (κ3) is 3.64. The van der Waals surface area contributed by atoms with Gasteiger partial charge in [0.05, 0.1) is 25.9 Å². The van der Waals surface area contributed by atoms with Crippen LogP contribution in [0.5, 0.6) is 0 Å². The zero-order valence-electron chi connectivity index (χ0n) is 14.3. The van der Waals surface area contributed by atoms with Crippen LogP contribution in [0.3, 0.4) is 0 Å². The van der Waals surface area contributed by atoms with Gasteiger partial charge in [0.25, 0.3) is 0 Å². The minimum atomic E-state index is 0.406. The number of nitrogens with zero attached hydrogens (tertiary/aromatic N) is 1. The first-order valence-electron chi connectivity index (χ1n) is 9.31. The van der Waals surface area contributed by atoms with E-state index < -0.39 is 0 Å². The Labute approximate surface area is 144 Å². The summed E-state index contributed by atoms with van der Waals surface area (Å²) in [4.78, 5) is 2.58. The zero-order chi connectivity index (χ0) is 16.2. The predicted octanol–water partition coefficient (Wildman–Crippen LogP) is 3.65. The van der Waals surface area contributed by atoms with Crippen molar-refractivity contribution in [1.29, 1.82) is 0 Å². The van der Waals surface area contributed by atoms with Gasteiger partial charge in [-0.2, -0.15) is 0 Å². The van der Waals surface area contributed by atoms with Gasteiger partial charge in [0.15, 0.2) is 0 Å². The van der Waals surface area contributed by atoms with E-state index in [0.717, 1.165) is 39.3 Å². The van der Waals surface area contributed by atoms with E-state index in [1.165, 1.54) is 35.6 Å². The van der Waals surface area contributed by atoms with Crippen LogP contribution in [0.25, 0.3) is 10.8 Å². The van der Waals surface area contributed by atoms with Gasteiger partial charge >= 0.3 is 0 Å². The minimum absolute atomic E-state index is 0.406. The quantitative estimate of drug-likeness (QED) is 0.837. The van der Waals surface area contributed by atoms with E-state index in [9.17, 15) is 0 Å². The summed E-state index contributed by atoms with van der Waals surface area (Å²) in [5.74, 6) is 0. The van der Waals surface area contributed by atoms with Crippen molar-refractivity contribution in [3.63, 3.8) is 0 Å². The number of morpholine rings is 1. The van der Waals surface area contributed by atoms with Crippen LogP contribution in [0, 0.1) is 0 Å². The summed E-state index contributed by atoms with van der Waals surface area (Å²) in [6, 6.07) is 15.9. The fourth-order valence-corrected chi connectivity index (χ4v) is 4.15. The fraction of sp³-hybridized carbons (Fsp3) is 0.524. The molecule has 2 aliphatic rings. The maximum Gasteiger partial charge on any atom is 0.0730 e. The SMILES string of the molecule is c1ccc2cc(CCO[C@@H]3CCC[C@H]3N3CCOCC3)ccc2c1. The molecule has 2 fully saturated rings. The van der Waals surface area contributed by atoms with Crippen LogP contribution in [0.4, 0.5) is 0 Å². The van der Waals surface area contributed by atoms with Crippen molar-refractivity contribution in [2.24, 2.45) is 0 Å². The third-order valence-corrected chi connectivity index (χ3v) is 5.47. The van der Waals surface area contributed by atoms with Crippen molar-refractivity contribution < 1.29 is 9.47 Å². The van der Waals surface area contributed by atoms with E-state index in [0.29, 0.717) is 12.1 Å². The molecule has 0 aromatic heterocycles. The van der Waals surface area contributed by atoms with Crippen LogP contribution in [-0.4, -0.2) is 50.0 Å². The first kappa shape index (κ1) is 16.1.